The van der Waals surface area contributed by atoms with Crippen molar-refractivity contribution >= 4 is 11.6 Å². The zero-order chi connectivity index (χ0) is 10.8. The average Bonchev–Trinajstić information content (AvgIpc) is 2.64. The molecule has 0 saturated carbocycles. The van der Waals surface area contributed by atoms with Crippen molar-refractivity contribution in [3.8, 4) is 5.82 Å². The smallest absolute Gasteiger partial charge is 0.161 e. The van der Waals surface area contributed by atoms with Gasteiger partial charge in [-0.1, -0.05) is 18.5 Å². The fourth-order valence-electron chi connectivity index (χ4n) is 1.42. The second-order valence-corrected chi connectivity index (χ2v) is 3.58. The molecule has 2 rings (SSSR count). The molecular weight excluding hydrogens is 212 g/mol. The van der Waals surface area contributed by atoms with Crippen LogP contribution in [-0.2, 0) is 6.42 Å². The van der Waals surface area contributed by atoms with Crippen LogP contribution in [0.1, 0.15) is 18.2 Å². The molecule has 5 heteroatoms. The number of nitrogens with zero attached hydrogens (tertiary/aromatic N) is 4. The standard InChI is InChI=1S/C10H11ClN4/c1-3-8-9(11)12-6-13-10(8)15-5-4-7(2)14-15/h4-6H,3H2,1-2H3. The Hall–Kier alpha value is -1.42. The molecule has 0 radical (unpaired) electrons. The Morgan fingerprint density at radius 3 is 2.80 bits per heavy atom. The normalized spacial score (nSPS) is 10.6. The maximum atomic E-state index is 5.99. The number of rotatable bonds is 2. The fraction of sp³-hybridized carbons (Fsp3) is 0.300. The highest BCUT2D eigenvalue weighted by Gasteiger charge is 2.10. The summed E-state index contributed by atoms with van der Waals surface area (Å²) in [6, 6.07) is 1.93. The van der Waals surface area contributed by atoms with Gasteiger partial charge in [-0.15, -0.1) is 0 Å². The highest BCUT2D eigenvalue weighted by atomic mass is 35.5. The first kappa shape index (κ1) is 10.1. The van der Waals surface area contributed by atoms with Crippen molar-refractivity contribution in [3.05, 3.63) is 35.0 Å². The lowest BCUT2D eigenvalue weighted by molar-refractivity contribution is 0.806. The lowest BCUT2D eigenvalue weighted by Crippen LogP contribution is -2.04. The Labute approximate surface area is 92.9 Å². The van der Waals surface area contributed by atoms with Crippen LogP contribution >= 0.6 is 11.6 Å². The molecular formula is C10H11ClN4. The number of hydrogen-bond acceptors (Lipinski definition) is 3. The first-order valence-electron chi connectivity index (χ1n) is 4.74. The lowest BCUT2D eigenvalue weighted by Gasteiger charge is -2.06. The summed E-state index contributed by atoms with van der Waals surface area (Å²) in [5.74, 6) is 0.755. The van der Waals surface area contributed by atoms with Crippen LogP contribution in [-0.4, -0.2) is 19.7 Å². The lowest BCUT2D eigenvalue weighted by atomic mass is 10.2. The molecule has 4 nitrogen and oxygen atoms in total. The maximum absolute atomic E-state index is 5.99. The van der Waals surface area contributed by atoms with E-state index in [1.54, 1.807) is 4.68 Å². The van der Waals surface area contributed by atoms with Crippen molar-refractivity contribution in [1.29, 1.82) is 0 Å². The van der Waals surface area contributed by atoms with Gasteiger partial charge >= 0.3 is 0 Å². The highest BCUT2D eigenvalue weighted by Crippen LogP contribution is 2.18. The predicted molar refractivity (Wildman–Crippen MR) is 58.3 cm³/mol. The van der Waals surface area contributed by atoms with Gasteiger partial charge in [0.25, 0.3) is 0 Å². The summed E-state index contributed by atoms with van der Waals surface area (Å²) in [4.78, 5) is 8.15. The van der Waals surface area contributed by atoms with Gasteiger partial charge < -0.3 is 0 Å². The van der Waals surface area contributed by atoms with E-state index < -0.39 is 0 Å². The SMILES string of the molecule is CCc1c(Cl)ncnc1-n1ccc(C)n1. The molecule has 2 aromatic rings. The van der Waals surface area contributed by atoms with E-state index in [1.807, 2.05) is 26.1 Å². The molecule has 0 aliphatic heterocycles. The van der Waals surface area contributed by atoms with Gasteiger partial charge in [0.1, 0.15) is 11.5 Å². The van der Waals surface area contributed by atoms with E-state index in [-0.39, 0.29) is 0 Å². The molecule has 0 fully saturated rings. The minimum absolute atomic E-state index is 0.496. The Bertz CT molecular complexity index is 478. The molecule has 0 bridgehead atoms. The Balaban J connectivity index is 2.57. The molecule has 0 N–H and O–H groups in total. The summed E-state index contributed by atoms with van der Waals surface area (Å²) in [6.45, 7) is 3.95. The first-order valence-corrected chi connectivity index (χ1v) is 5.12. The van der Waals surface area contributed by atoms with E-state index in [4.69, 9.17) is 11.6 Å². The van der Waals surface area contributed by atoms with Gasteiger partial charge in [0.2, 0.25) is 0 Å². The van der Waals surface area contributed by atoms with E-state index in [2.05, 4.69) is 15.1 Å². The number of halogens is 1. The number of aryl methyl sites for hydroxylation is 1. The summed E-state index contributed by atoms with van der Waals surface area (Å²) in [5.41, 5.74) is 1.87. The van der Waals surface area contributed by atoms with E-state index in [0.29, 0.717) is 5.15 Å². The van der Waals surface area contributed by atoms with E-state index in [0.717, 1.165) is 23.5 Å². The molecule has 0 amide bonds. The maximum Gasteiger partial charge on any atom is 0.161 e. The average molecular weight is 223 g/mol. The van der Waals surface area contributed by atoms with Crippen LogP contribution in [0, 0.1) is 6.92 Å². The summed E-state index contributed by atoms with van der Waals surface area (Å²) < 4.78 is 1.72. The highest BCUT2D eigenvalue weighted by molar-refractivity contribution is 6.30. The first-order chi connectivity index (χ1) is 7.22. The largest absolute Gasteiger partial charge is 0.224 e. The minimum Gasteiger partial charge on any atom is -0.224 e. The van der Waals surface area contributed by atoms with Gasteiger partial charge in [0, 0.05) is 11.8 Å². The topological polar surface area (TPSA) is 43.6 Å². The molecule has 0 spiro atoms. The molecule has 78 valence electrons. The van der Waals surface area contributed by atoms with Gasteiger partial charge in [0.15, 0.2) is 5.82 Å². The second-order valence-electron chi connectivity index (χ2n) is 3.22. The van der Waals surface area contributed by atoms with Crippen LogP contribution in [0.2, 0.25) is 5.15 Å². The number of aromatic nitrogens is 4. The third kappa shape index (κ3) is 1.85. The third-order valence-electron chi connectivity index (χ3n) is 2.16. The van der Waals surface area contributed by atoms with E-state index in [1.165, 1.54) is 6.33 Å². The monoisotopic (exact) mass is 222 g/mol. The zero-order valence-corrected chi connectivity index (χ0v) is 9.36. The van der Waals surface area contributed by atoms with Gasteiger partial charge in [-0.05, 0) is 19.4 Å². The quantitative estimate of drug-likeness (QED) is 0.732. The Morgan fingerprint density at radius 2 is 2.20 bits per heavy atom. The summed E-state index contributed by atoms with van der Waals surface area (Å²) >= 11 is 5.99. The van der Waals surface area contributed by atoms with Crippen LogP contribution in [0.3, 0.4) is 0 Å². The second kappa shape index (κ2) is 3.98. The van der Waals surface area contributed by atoms with Crippen LogP contribution < -0.4 is 0 Å². The number of hydrogen-bond donors (Lipinski definition) is 0. The molecule has 0 aliphatic carbocycles. The molecule has 0 saturated heterocycles. The molecule has 15 heavy (non-hydrogen) atoms. The van der Waals surface area contributed by atoms with Crippen molar-refractivity contribution in [1.82, 2.24) is 19.7 Å². The van der Waals surface area contributed by atoms with Crippen LogP contribution in [0.4, 0.5) is 0 Å². The Morgan fingerprint density at radius 1 is 1.40 bits per heavy atom. The Kier molecular flexibility index (Phi) is 2.68. The molecule has 2 aromatic heterocycles. The van der Waals surface area contributed by atoms with Gasteiger partial charge in [-0.2, -0.15) is 5.10 Å². The predicted octanol–water partition coefficient (Wildman–Crippen LogP) is 2.19. The molecule has 0 aromatic carbocycles. The van der Waals surface area contributed by atoms with Crippen LogP contribution in [0.15, 0.2) is 18.6 Å². The van der Waals surface area contributed by atoms with Crippen LogP contribution in [0.5, 0.6) is 0 Å². The van der Waals surface area contributed by atoms with Crippen LogP contribution in [0.25, 0.3) is 5.82 Å². The van der Waals surface area contributed by atoms with E-state index in [9.17, 15) is 0 Å². The fourth-order valence-corrected chi connectivity index (χ4v) is 1.68. The summed E-state index contributed by atoms with van der Waals surface area (Å²) in [7, 11) is 0. The van der Waals surface area contributed by atoms with Gasteiger partial charge in [-0.25, -0.2) is 14.6 Å². The van der Waals surface area contributed by atoms with Crippen molar-refractivity contribution in [2.75, 3.05) is 0 Å². The minimum atomic E-state index is 0.496. The molecule has 0 atom stereocenters. The van der Waals surface area contributed by atoms with E-state index >= 15 is 0 Å². The van der Waals surface area contributed by atoms with Crippen molar-refractivity contribution in [2.24, 2.45) is 0 Å². The molecule has 0 aliphatic rings. The zero-order valence-electron chi connectivity index (χ0n) is 8.61. The van der Waals surface area contributed by atoms with Gasteiger partial charge in [-0.3, -0.25) is 0 Å². The van der Waals surface area contributed by atoms with Gasteiger partial charge in [0.05, 0.1) is 5.69 Å². The van der Waals surface area contributed by atoms with Crippen molar-refractivity contribution < 1.29 is 0 Å². The van der Waals surface area contributed by atoms with Crippen molar-refractivity contribution in [2.45, 2.75) is 20.3 Å². The third-order valence-corrected chi connectivity index (χ3v) is 2.49. The summed E-state index contributed by atoms with van der Waals surface area (Å²) in [6.07, 6.45) is 4.11. The molecule has 0 unspecified atom stereocenters. The molecule has 2 heterocycles. The summed E-state index contributed by atoms with van der Waals surface area (Å²) in [5, 5.41) is 4.79. The van der Waals surface area contributed by atoms with Crippen molar-refractivity contribution in [3.63, 3.8) is 0 Å².